The second kappa shape index (κ2) is 9.20. The second-order valence-corrected chi connectivity index (χ2v) is 5.15. The lowest BCUT2D eigenvalue weighted by atomic mass is 10.1. The molecule has 0 aromatic heterocycles. The zero-order chi connectivity index (χ0) is 15.7. The molecule has 7 nitrogen and oxygen atoms in total. The van der Waals surface area contributed by atoms with E-state index in [4.69, 9.17) is 5.11 Å². The number of carbonyl (C=O) groups excluding carboxylic acids is 2. The number of rotatable bonds is 7. The van der Waals surface area contributed by atoms with E-state index in [-0.39, 0.29) is 31.4 Å². The molecule has 0 spiro atoms. The fraction of sp³-hybridized carbons (Fsp3) is 0.786. The third kappa shape index (κ3) is 6.46. The van der Waals surface area contributed by atoms with Gasteiger partial charge in [-0.2, -0.15) is 0 Å². The van der Waals surface area contributed by atoms with Crippen molar-refractivity contribution in [3.05, 3.63) is 0 Å². The van der Waals surface area contributed by atoms with Gasteiger partial charge in [0.25, 0.3) is 0 Å². The molecule has 0 saturated carbocycles. The molecule has 0 aliphatic carbocycles. The molecule has 1 aliphatic rings. The van der Waals surface area contributed by atoms with Gasteiger partial charge in [0.1, 0.15) is 0 Å². The van der Waals surface area contributed by atoms with E-state index in [1.165, 1.54) is 11.3 Å². The Balaban J connectivity index is 2.24. The number of urea groups is 1. The Morgan fingerprint density at radius 1 is 1.14 bits per heavy atom. The van der Waals surface area contributed by atoms with E-state index in [9.17, 15) is 14.4 Å². The molecule has 3 amide bonds. The van der Waals surface area contributed by atoms with Crippen LogP contribution in [0.15, 0.2) is 0 Å². The molecule has 1 heterocycles. The van der Waals surface area contributed by atoms with Crippen LogP contribution in [0.5, 0.6) is 0 Å². The van der Waals surface area contributed by atoms with Gasteiger partial charge in [0.05, 0.1) is 6.42 Å². The molecule has 0 unspecified atom stereocenters. The van der Waals surface area contributed by atoms with E-state index in [0.717, 1.165) is 25.9 Å². The van der Waals surface area contributed by atoms with Gasteiger partial charge in [0, 0.05) is 39.1 Å². The van der Waals surface area contributed by atoms with Crippen LogP contribution in [0, 0.1) is 0 Å². The molecule has 0 radical (unpaired) electrons. The number of hydrogen-bond donors (Lipinski definition) is 2. The van der Waals surface area contributed by atoms with Gasteiger partial charge in [-0.1, -0.05) is 0 Å². The van der Waals surface area contributed by atoms with Crippen LogP contribution in [-0.4, -0.2) is 65.5 Å². The van der Waals surface area contributed by atoms with Gasteiger partial charge in [-0.25, -0.2) is 4.79 Å². The summed E-state index contributed by atoms with van der Waals surface area (Å²) in [6.45, 7) is 4.33. The van der Waals surface area contributed by atoms with Crippen LogP contribution in [-0.2, 0) is 9.59 Å². The molecule has 1 saturated heterocycles. The lowest BCUT2D eigenvalue weighted by molar-refractivity contribution is -0.137. The minimum Gasteiger partial charge on any atom is -0.481 e. The number of aliphatic carboxylic acids is 1. The van der Waals surface area contributed by atoms with E-state index in [0.29, 0.717) is 13.0 Å². The standard InChI is InChI=1S/C14H25N3O4/c1-2-16(11-7-13(19)20)14(21)15-8-6-12(18)17-9-4-3-5-10-17/h2-11H2,1H3,(H,15,21)(H,19,20). The first kappa shape index (κ1) is 17.3. The fourth-order valence-electron chi connectivity index (χ4n) is 2.32. The van der Waals surface area contributed by atoms with Crippen molar-refractivity contribution in [3.63, 3.8) is 0 Å². The summed E-state index contributed by atoms with van der Waals surface area (Å²) in [6.07, 6.45) is 3.50. The van der Waals surface area contributed by atoms with Gasteiger partial charge >= 0.3 is 12.0 Å². The van der Waals surface area contributed by atoms with Crippen LogP contribution in [0.4, 0.5) is 4.79 Å². The third-order valence-corrected chi connectivity index (χ3v) is 3.59. The van der Waals surface area contributed by atoms with Crippen molar-refractivity contribution < 1.29 is 19.5 Å². The molecule has 21 heavy (non-hydrogen) atoms. The number of carboxylic acid groups (broad SMARTS) is 1. The molecule has 0 aromatic carbocycles. The zero-order valence-corrected chi connectivity index (χ0v) is 12.6. The number of amides is 3. The molecule has 1 fully saturated rings. The van der Waals surface area contributed by atoms with E-state index < -0.39 is 5.97 Å². The molecule has 120 valence electrons. The van der Waals surface area contributed by atoms with Crippen molar-refractivity contribution in [2.75, 3.05) is 32.7 Å². The first-order valence-electron chi connectivity index (χ1n) is 7.57. The van der Waals surface area contributed by atoms with Crippen LogP contribution in [0.25, 0.3) is 0 Å². The summed E-state index contributed by atoms with van der Waals surface area (Å²) in [7, 11) is 0. The lowest BCUT2D eigenvalue weighted by Gasteiger charge is -2.27. The van der Waals surface area contributed by atoms with Crippen molar-refractivity contribution >= 4 is 17.9 Å². The molecule has 0 bridgehead atoms. The third-order valence-electron chi connectivity index (χ3n) is 3.59. The van der Waals surface area contributed by atoms with Gasteiger partial charge in [-0.05, 0) is 26.2 Å². The highest BCUT2D eigenvalue weighted by molar-refractivity contribution is 5.78. The van der Waals surface area contributed by atoms with E-state index in [1.54, 1.807) is 6.92 Å². The number of likely N-dealkylation sites (tertiary alicyclic amines) is 1. The van der Waals surface area contributed by atoms with Crippen molar-refractivity contribution in [2.24, 2.45) is 0 Å². The maximum absolute atomic E-state index is 11.9. The summed E-state index contributed by atoms with van der Waals surface area (Å²) in [5.41, 5.74) is 0. The SMILES string of the molecule is CCN(CCC(=O)O)C(=O)NCCC(=O)N1CCCCC1. The molecule has 1 rings (SSSR count). The summed E-state index contributed by atoms with van der Waals surface area (Å²) in [5, 5.41) is 11.3. The average molecular weight is 299 g/mol. The van der Waals surface area contributed by atoms with E-state index in [2.05, 4.69) is 5.32 Å². The predicted molar refractivity (Wildman–Crippen MR) is 77.9 cm³/mol. The number of piperidine rings is 1. The molecule has 0 atom stereocenters. The lowest BCUT2D eigenvalue weighted by Crippen LogP contribution is -2.43. The molecule has 1 aliphatic heterocycles. The summed E-state index contributed by atoms with van der Waals surface area (Å²) >= 11 is 0. The highest BCUT2D eigenvalue weighted by Gasteiger charge is 2.17. The Bertz CT molecular complexity index is 367. The van der Waals surface area contributed by atoms with Gasteiger partial charge in [-0.3, -0.25) is 9.59 Å². The summed E-state index contributed by atoms with van der Waals surface area (Å²) in [4.78, 5) is 37.5. The maximum atomic E-state index is 11.9. The van der Waals surface area contributed by atoms with Crippen LogP contribution < -0.4 is 5.32 Å². The van der Waals surface area contributed by atoms with Gasteiger partial charge in [0.2, 0.25) is 5.91 Å². The molecule has 7 heteroatoms. The van der Waals surface area contributed by atoms with Crippen molar-refractivity contribution in [3.8, 4) is 0 Å². The highest BCUT2D eigenvalue weighted by atomic mass is 16.4. The number of carboxylic acids is 1. The minimum atomic E-state index is -0.929. The topological polar surface area (TPSA) is 90.0 Å². The predicted octanol–water partition coefficient (Wildman–Crippen LogP) is 0.895. The van der Waals surface area contributed by atoms with Crippen molar-refractivity contribution in [1.82, 2.24) is 15.1 Å². The smallest absolute Gasteiger partial charge is 0.317 e. The molecular weight excluding hydrogens is 274 g/mol. The number of nitrogens with one attached hydrogen (secondary N) is 1. The van der Waals surface area contributed by atoms with Crippen molar-refractivity contribution in [2.45, 2.75) is 39.0 Å². The normalized spacial score (nSPS) is 14.6. The van der Waals surface area contributed by atoms with E-state index in [1.807, 2.05) is 4.90 Å². The van der Waals surface area contributed by atoms with Crippen LogP contribution in [0.3, 0.4) is 0 Å². The zero-order valence-electron chi connectivity index (χ0n) is 12.6. The van der Waals surface area contributed by atoms with Crippen molar-refractivity contribution in [1.29, 1.82) is 0 Å². The first-order chi connectivity index (χ1) is 10.0. The first-order valence-corrected chi connectivity index (χ1v) is 7.57. The van der Waals surface area contributed by atoms with Gasteiger partial charge in [0.15, 0.2) is 0 Å². The Kier molecular flexibility index (Phi) is 7.56. The Hall–Kier alpha value is -1.79. The highest BCUT2D eigenvalue weighted by Crippen LogP contribution is 2.09. The molecular formula is C14H25N3O4. The Labute approximate surface area is 125 Å². The van der Waals surface area contributed by atoms with Crippen LogP contribution in [0.2, 0.25) is 0 Å². The maximum Gasteiger partial charge on any atom is 0.317 e. The molecule has 2 N–H and O–H groups in total. The minimum absolute atomic E-state index is 0.0728. The largest absolute Gasteiger partial charge is 0.481 e. The quantitative estimate of drug-likeness (QED) is 0.730. The van der Waals surface area contributed by atoms with Gasteiger partial charge in [-0.15, -0.1) is 0 Å². The van der Waals surface area contributed by atoms with Crippen LogP contribution in [0.1, 0.15) is 39.0 Å². The number of hydrogen-bond acceptors (Lipinski definition) is 3. The van der Waals surface area contributed by atoms with Gasteiger partial charge < -0.3 is 20.2 Å². The number of carbonyl (C=O) groups is 3. The van der Waals surface area contributed by atoms with Crippen LogP contribution >= 0.6 is 0 Å². The summed E-state index contributed by atoms with van der Waals surface area (Å²) in [5.74, 6) is -0.856. The average Bonchev–Trinajstić information content (AvgIpc) is 2.48. The number of nitrogens with zero attached hydrogens (tertiary/aromatic N) is 2. The van der Waals surface area contributed by atoms with E-state index >= 15 is 0 Å². The summed E-state index contributed by atoms with van der Waals surface area (Å²) < 4.78 is 0. The Morgan fingerprint density at radius 3 is 2.38 bits per heavy atom. The Morgan fingerprint density at radius 2 is 1.81 bits per heavy atom. The second-order valence-electron chi connectivity index (χ2n) is 5.15. The summed E-state index contributed by atoms with van der Waals surface area (Å²) in [6, 6.07) is -0.315. The fourth-order valence-corrected chi connectivity index (χ4v) is 2.32. The monoisotopic (exact) mass is 299 g/mol. The molecule has 0 aromatic rings.